The maximum absolute atomic E-state index is 14.1. The summed E-state index contributed by atoms with van der Waals surface area (Å²) in [5.74, 6) is -4.54. The average Bonchev–Trinajstić information content (AvgIpc) is 2.89. The van der Waals surface area contributed by atoms with Crippen molar-refractivity contribution in [2.75, 3.05) is 14.2 Å². The molecule has 0 amide bonds. The molecule has 1 aromatic heterocycles. The zero-order chi connectivity index (χ0) is 14.9. The van der Waals surface area contributed by atoms with Crippen molar-refractivity contribution >= 4 is 5.97 Å². The second kappa shape index (κ2) is 5.16. The van der Waals surface area contributed by atoms with Gasteiger partial charge in [-0.1, -0.05) is 5.16 Å². The fourth-order valence-corrected chi connectivity index (χ4v) is 1.60. The predicted octanol–water partition coefficient (Wildman–Crippen LogP) is 2.34. The summed E-state index contributed by atoms with van der Waals surface area (Å²) in [6, 6.07) is 1.94. The Kier molecular flexibility index (Phi) is 3.55. The Morgan fingerprint density at radius 3 is 2.15 bits per heavy atom. The van der Waals surface area contributed by atoms with Gasteiger partial charge in [0.05, 0.1) is 19.8 Å². The van der Waals surface area contributed by atoms with Gasteiger partial charge in [0.25, 0.3) is 0 Å². The summed E-state index contributed by atoms with van der Waals surface area (Å²) in [6.45, 7) is 0. The van der Waals surface area contributed by atoms with Crippen LogP contribution in [0.3, 0.4) is 0 Å². The van der Waals surface area contributed by atoms with Crippen molar-refractivity contribution < 1.29 is 32.7 Å². The number of aromatic nitrogens is 1. The number of aromatic carboxylic acids is 1. The maximum Gasteiger partial charge on any atom is 0.374 e. The maximum atomic E-state index is 14.1. The summed E-state index contributed by atoms with van der Waals surface area (Å²) in [5.41, 5.74) is -0.896. The van der Waals surface area contributed by atoms with Crippen LogP contribution < -0.4 is 9.47 Å². The van der Waals surface area contributed by atoms with E-state index in [0.717, 1.165) is 12.1 Å². The molecule has 0 unspecified atom stereocenters. The van der Waals surface area contributed by atoms with Gasteiger partial charge in [-0.25, -0.2) is 13.6 Å². The molecule has 1 aromatic carbocycles. The van der Waals surface area contributed by atoms with E-state index in [-0.39, 0.29) is 17.2 Å². The number of carbonyl (C=O) groups is 1. The van der Waals surface area contributed by atoms with E-state index < -0.39 is 28.9 Å². The highest BCUT2D eigenvalue weighted by atomic mass is 19.1. The fourth-order valence-electron chi connectivity index (χ4n) is 1.60. The number of carboxylic acid groups (broad SMARTS) is 1. The van der Waals surface area contributed by atoms with E-state index >= 15 is 0 Å². The van der Waals surface area contributed by atoms with Gasteiger partial charge in [0.15, 0.2) is 23.1 Å². The average molecular weight is 285 g/mol. The minimum Gasteiger partial charge on any atom is -0.494 e. The molecule has 0 radical (unpaired) electrons. The lowest BCUT2D eigenvalue weighted by atomic mass is 10.1. The quantitative estimate of drug-likeness (QED) is 0.928. The molecule has 106 valence electrons. The predicted molar refractivity (Wildman–Crippen MR) is 61.9 cm³/mol. The van der Waals surface area contributed by atoms with Gasteiger partial charge in [-0.05, 0) is 0 Å². The summed E-state index contributed by atoms with van der Waals surface area (Å²) in [6.07, 6.45) is 0. The Bertz CT molecular complexity index is 640. The molecule has 0 saturated carbocycles. The van der Waals surface area contributed by atoms with Crippen LogP contribution in [0.25, 0.3) is 11.3 Å². The van der Waals surface area contributed by atoms with Crippen molar-refractivity contribution in [1.29, 1.82) is 0 Å². The first-order chi connectivity index (χ1) is 9.49. The van der Waals surface area contributed by atoms with E-state index in [2.05, 4.69) is 9.68 Å². The van der Waals surface area contributed by atoms with Crippen molar-refractivity contribution in [2.24, 2.45) is 0 Å². The summed E-state index contributed by atoms with van der Waals surface area (Å²) in [7, 11) is 2.40. The SMILES string of the molecule is COc1cc(OC)c(F)c(-c2cc(C(=O)O)on2)c1F. The van der Waals surface area contributed by atoms with Gasteiger partial charge in [0.1, 0.15) is 5.69 Å². The van der Waals surface area contributed by atoms with Gasteiger partial charge >= 0.3 is 5.97 Å². The normalized spacial score (nSPS) is 10.4. The second-order valence-electron chi connectivity index (χ2n) is 3.67. The minimum atomic E-state index is -1.40. The van der Waals surface area contributed by atoms with Crippen molar-refractivity contribution in [3.8, 4) is 22.8 Å². The van der Waals surface area contributed by atoms with Crippen molar-refractivity contribution in [1.82, 2.24) is 5.16 Å². The lowest BCUT2D eigenvalue weighted by Crippen LogP contribution is -1.99. The highest BCUT2D eigenvalue weighted by Gasteiger charge is 2.25. The standard InChI is InChI=1S/C12H9F2NO5/c1-18-6-4-7(19-2)11(14)9(10(6)13)5-3-8(12(16)17)20-15-5/h3-4H,1-2H3,(H,16,17). The summed E-state index contributed by atoms with van der Waals surface area (Å²) >= 11 is 0. The Morgan fingerprint density at radius 1 is 1.20 bits per heavy atom. The molecule has 2 aromatic rings. The summed E-state index contributed by atoms with van der Waals surface area (Å²) in [5, 5.41) is 12.0. The number of nitrogens with zero attached hydrogens (tertiary/aromatic N) is 1. The van der Waals surface area contributed by atoms with Crippen LogP contribution in [0, 0.1) is 11.6 Å². The Labute approximate surface area is 111 Å². The first-order valence-corrected chi connectivity index (χ1v) is 5.30. The number of ether oxygens (including phenoxy) is 2. The van der Waals surface area contributed by atoms with Crippen LogP contribution in [-0.2, 0) is 0 Å². The minimum absolute atomic E-state index is 0.266. The molecular weight excluding hydrogens is 276 g/mol. The van der Waals surface area contributed by atoms with Gasteiger partial charge < -0.3 is 19.1 Å². The highest BCUT2D eigenvalue weighted by molar-refractivity contribution is 5.86. The van der Waals surface area contributed by atoms with Crippen LogP contribution in [0.2, 0.25) is 0 Å². The molecule has 0 aliphatic rings. The third-order valence-corrected chi connectivity index (χ3v) is 2.55. The van der Waals surface area contributed by atoms with Gasteiger partial charge in [0, 0.05) is 12.1 Å². The topological polar surface area (TPSA) is 81.8 Å². The summed E-state index contributed by atoms with van der Waals surface area (Å²) in [4.78, 5) is 10.7. The van der Waals surface area contributed by atoms with Crippen molar-refractivity contribution in [3.05, 3.63) is 29.5 Å². The summed E-state index contributed by atoms with van der Waals surface area (Å²) < 4.78 is 42.2. The first kappa shape index (κ1) is 13.8. The van der Waals surface area contributed by atoms with E-state index in [4.69, 9.17) is 14.6 Å². The lowest BCUT2D eigenvalue weighted by molar-refractivity contribution is 0.0652. The molecule has 2 rings (SSSR count). The Morgan fingerprint density at radius 2 is 1.75 bits per heavy atom. The number of hydrogen-bond acceptors (Lipinski definition) is 5. The van der Waals surface area contributed by atoms with Crippen molar-refractivity contribution in [3.63, 3.8) is 0 Å². The van der Waals surface area contributed by atoms with E-state index in [1.54, 1.807) is 0 Å². The van der Waals surface area contributed by atoms with Gasteiger partial charge in [-0.15, -0.1) is 0 Å². The molecule has 1 N–H and O–H groups in total. The van der Waals surface area contributed by atoms with Crippen molar-refractivity contribution in [2.45, 2.75) is 0 Å². The molecule has 8 heteroatoms. The van der Waals surface area contributed by atoms with Gasteiger partial charge in [-0.3, -0.25) is 0 Å². The lowest BCUT2D eigenvalue weighted by Gasteiger charge is -2.10. The molecule has 1 heterocycles. The molecule has 20 heavy (non-hydrogen) atoms. The Balaban J connectivity index is 2.67. The van der Waals surface area contributed by atoms with Crippen LogP contribution in [0.4, 0.5) is 8.78 Å². The molecule has 0 bridgehead atoms. The molecule has 6 nitrogen and oxygen atoms in total. The van der Waals surface area contributed by atoms with E-state index in [1.165, 1.54) is 14.2 Å². The Hall–Kier alpha value is -2.64. The first-order valence-electron chi connectivity index (χ1n) is 5.30. The van der Waals surface area contributed by atoms with E-state index in [1.807, 2.05) is 0 Å². The zero-order valence-electron chi connectivity index (χ0n) is 10.4. The second-order valence-corrected chi connectivity index (χ2v) is 3.67. The number of benzene rings is 1. The largest absolute Gasteiger partial charge is 0.494 e. The molecule has 0 atom stereocenters. The van der Waals surface area contributed by atoms with Crippen LogP contribution in [-0.4, -0.2) is 30.5 Å². The fraction of sp³-hybridized carbons (Fsp3) is 0.167. The monoisotopic (exact) mass is 285 g/mol. The van der Waals surface area contributed by atoms with E-state index in [9.17, 15) is 13.6 Å². The highest BCUT2D eigenvalue weighted by Crippen LogP contribution is 2.37. The van der Waals surface area contributed by atoms with Gasteiger partial charge in [-0.2, -0.15) is 0 Å². The molecule has 0 saturated heterocycles. The third-order valence-electron chi connectivity index (χ3n) is 2.55. The van der Waals surface area contributed by atoms with E-state index in [0.29, 0.717) is 0 Å². The van der Waals surface area contributed by atoms with Crippen LogP contribution in [0.5, 0.6) is 11.5 Å². The molecular formula is C12H9F2NO5. The van der Waals surface area contributed by atoms with Crippen LogP contribution >= 0.6 is 0 Å². The smallest absolute Gasteiger partial charge is 0.374 e. The number of hydrogen-bond donors (Lipinski definition) is 1. The van der Waals surface area contributed by atoms with Gasteiger partial charge in [0.2, 0.25) is 5.76 Å². The molecule has 0 aliphatic carbocycles. The number of halogens is 2. The molecule has 0 spiro atoms. The third kappa shape index (κ3) is 2.15. The number of carboxylic acids is 1. The molecule has 0 fully saturated rings. The number of rotatable bonds is 4. The zero-order valence-corrected chi connectivity index (χ0v) is 10.4. The van der Waals surface area contributed by atoms with Crippen LogP contribution in [0.1, 0.15) is 10.6 Å². The number of methoxy groups -OCH3 is 2. The molecule has 0 aliphatic heterocycles. The van der Waals surface area contributed by atoms with Crippen LogP contribution in [0.15, 0.2) is 16.7 Å².